The Labute approximate surface area is 101 Å². The van der Waals surface area contributed by atoms with Gasteiger partial charge in [-0.1, -0.05) is 33.8 Å². The molecule has 0 saturated heterocycles. The van der Waals surface area contributed by atoms with Crippen LogP contribution in [-0.4, -0.2) is 17.0 Å². The maximum absolute atomic E-state index is 11.6. The Kier molecular flexibility index (Phi) is 3.07. The van der Waals surface area contributed by atoms with Gasteiger partial charge in [-0.15, -0.1) is 0 Å². The van der Waals surface area contributed by atoms with Crippen LogP contribution >= 0.6 is 15.9 Å². The van der Waals surface area contributed by atoms with Gasteiger partial charge in [0.25, 0.3) is 11.7 Å². The Balaban J connectivity index is 2.44. The molecule has 0 saturated carbocycles. The first kappa shape index (κ1) is 10.9. The Morgan fingerprint density at radius 3 is 2.88 bits per heavy atom. The number of carbonyl (C=O) groups is 2. The van der Waals surface area contributed by atoms with Crippen molar-refractivity contribution in [3.8, 4) is 11.8 Å². The largest absolute Gasteiger partial charge is 0.318 e. The van der Waals surface area contributed by atoms with Crippen LogP contribution in [0.2, 0.25) is 0 Å². The molecule has 80 valence electrons. The standard InChI is InChI=1S/C12H8BrNO2/c13-7-2-1-4-8-5-3-6-9-10(8)11(15)12(16)14-9/h3,5-6H,2,7H2,(H,14,15,16). The summed E-state index contributed by atoms with van der Waals surface area (Å²) in [7, 11) is 0. The van der Waals surface area contributed by atoms with Crippen molar-refractivity contribution >= 4 is 33.3 Å². The second-order valence-electron chi connectivity index (χ2n) is 3.25. The summed E-state index contributed by atoms with van der Waals surface area (Å²) in [6.07, 6.45) is 0.708. The van der Waals surface area contributed by atoms with Crippen molar-refractivity contribution in [2.24, 2.45) is 0 Å². The van der Waals surface area contributed by atoms with Crippen molar-refractivity contribution in [3.63, 3.8) is 0 Å². The number of rotatable bonds is 1. The van der Waals surface area contributed by atoms with Crippen LogP contribution in [0, 0.1) is 11.8 Å². The third-order valence-corrected chi connectivity index (χ3v) is 2.58. The summed E-state index contributed by atoms with van der Waals surface area (Å²) in [5.74, 6) is 4.75. The number of benzene rings is 1. The Hall–Kier alpha value is -1.60. The fraction of sp³-hybridized carbons (Fsp3) is 0.167. The molecular formula is C12H8BrNO2. The number of hydrogen-bond acceptors (Lipinski definition) is 2. The van der Waals surface area contributed by atoms with Gasteiger partial charge in [0.1, 0.15) is 0 Å². The van der Waals surface area contributed by atoms with Gasteiger partial charge in [-0.05, 0) is 12.1 Å². The second-order valence-corrected chi connectivity index (χ2v) is 4.05. The number of Topliss-reactive ketones (excluding diaryl/α,β-unsaturated/α-hetero) is 1. The van der Waals surface area contributed by atoms with E-state index in [1.165, 1.54) is 0 Å². The van der Waals surface area contributed by atoms with Gasteiger partial charge >= 0.3 is 0 Å². The van der Waals surface area contributed by atoms with Crippen LogP contribution in [0.1, 0.15) is 22.3 Å². The Morgan fingerprint density at radius 1 is 1.31 bits per heavy atom. The molecular weight excluding hydrogens is 270 g/mol. The maximum Gasteiger partial charge on any atom is 0.296 e. The number of hydrogen-bond donors (Lipinski definition) is 1. The molecule has 1 amide bonds. The predicted molar refractivity (Wildman–Crippen MR) is 64.7 cm³/mol. The zero-order chi connectivity index (χ0) is 11.5. The average Bonchev–Trinajstić information content (AvgIpc) is 2.56. The number of alkyl halides is 1. The quantitative estimate of drug-likeness (QED) is 0.485. The summed E-state index contributed by atoms with van der Waals surface area (Å²) in [6, 6.07) is 5.22. The minimum absolute atomic E-state index is 0.398. The van der Waals surface area contributed by atoms with E-state index in [0.717, 1.165) is 5.33 Å². The highest BCUT2D eigenvalue weighted by Crippen LogP contribution is 2.25. The molecule has 0 aliphatic carbocycles. The molecule has 0 spiro atoms. The molecule has 0 atom stereocenters. The van der Waals surface area contributed by atoms with Gasteiger partial charge in [0.05, 0.1) is 11.3 Å². The van der Waals surface area contributed by atoms with E-state index < -0.39 is 11.7 Å². The van der Waals surface area contributed by atoms with Gasteiger partial charge in [0, 0.05) is 17.3 Å². The van der Waals surface area contributed by atoms with Crippen molar-refractivity contribution in [1.29, 1.82) is 0 Å². The van der Waals surface area contributed by atoms with E-state index >= 15 is 0 Å². The molecule has 1 heterocycles. The van der Waals surface area contributed by atoms with E-state index in [1.54, 1.807) is 18.2 Å². The minimum atomic E-state index is -0.579. The van der Waals surface area contributed by atoms with E-state index in [9.17, 15) is 9.59 Å². The van der Waals surface area contributed by atoms with Crippen LogP contribution < -0.4 is 5.32 Å². The molecule has 1 aromatic rings. The van der Waals surface area contributed by atoms with E-state index in [0.29, 0.717) is 23.2 Å². The molecule has 3 nitrogen and oxygen atoms in total. The molecule has 2 rings (SSSR count). The fourth-order valence-corrected chi connectivity index (χ4v) is 1.70. The monoisotopic (exact) mass is 277 g/mol. The van der Waals surface area contributed by atoms with E-state index in [-0.39, 0.29) is 0 Å². The molecule has 1 aliphatic rings. The number of amides is 1. The zero-order valence-electron chi connectivity index (χ0n) is 8.34. The van der Waals surface area contributed by atoms with Crippen molar-refractivity contribution in [2.45, 2.75) is 6.42 Å². The molecule has 1 aliphatic heterocycles. The third kappa shape index (κ3) is 1.86. The highest BCUT2D eigenvalue weighted by atomic mass is 79.9. The number of ketones is 1. The molecule has 4 heteroatoms. The minimum Gasteiger partial charge on any atom is -0.318 e. The normalized spacial score (nSPS) is 12.8. The lowest BCUT2D eigenvalue weighted by atomic mass is 10.0. The zero-order valence-corrected chi connectivity index (χ0v) is 9.93. The van der Waals surface area contributed by atoms with E-state index in [4.69, 9.17) is 0 Å². The molecule has 0 aromatic heterocycles. The number of nitrogens with one attached hydrogen (secondary N) is 1. The topological polar surface area (TPSA) is 46.2 Å². The van der Waals surface area contributed by atoms with Crippen molar-refractivity contribution < 1.29 is 9.59 Å². The summed E-state index contributed by atoms with van der Waals surface area (Å²) in [4.78, 5) is 22.8. The molecule has 0 bridgehead atoms. The highest BCUT2D eigenvalue weighted by molar-refractivity contribution is 9.09. The smallest absolute Gasteiger partial charge is 0.296 e. The summed E-state index contributed by atoms with van der Waals surface area (Å²) in [5, 5.41) is 3.30. The number of anilines is 1. The first-order valence-corrected chi connectivity index (χ1v) is 5.89. The van der Waals surface area contributed by atoms with Crippen molar-refractivity contribution in [2.75, 3.05) is 10.6 Å². The lowest BCUT2D eigenvalue weighted by Gasteiger charge is -1.98. The Bertz CT molecular complexity index is 526. The van der Waals surface area contributed by atoms with Gasteiger partial charge < -0.3 is 5.32 Å². The predicted octanol–water partition coefficient (Wildman–Crippen LogP) is 1.96. The number of carbonyl (C=O) groups excluding carboxylic acids is 2. The van der Waals surface area contributed by atoms with Gasteiger partial charge in [0.15, 0.2) is 0 Å². The highest BCUT2D eigenvalue weighted by Gasteiger charge is 2.29. The second kappa shape index (κ2) is 4.50. The van der Waals surface area contributed by atoms with Crippen LogP contribution in [0.3, 0.4) is 0 Å². The van der Waals surface area contributed by atoms with Crippen LogP contribution in [-0.2, 0) is 4.79 Å². The van der Waals surface area contributed by atoms with Gasteiger partial charge in [-0.2, -0.15) is 0 Å². The van der Waals surface area contributed by atoms with Crippen LogP contribution in [0.4, 0.5) is 5.69 Å². The SMILES string of the molecule is O=C1Nc2cccc(C#CCCBr)c2C1=O. The maximum atomic E-state index is 11.6. The number of halogens is 1. The van der Waals surface area contributed by atoms with Crippen molar-refractivity contribution in [3.05, 3.63) is 29.3 Å². The molecule has 1 aromatic carbocycles. The summed E-state index contributed by atoms with van der Waals surface area (Å²) in [5.41, 5.74) is 1.57. The van der Waals surface area contributed by atoms with Gasteiger partial charge in [-0.3, -0.25) is 9.59 Å². The fourth-order valence-electron chi connectivity index (χ4n) is 1.50. The van der Waals surface area contributed by atoms with Gasteiger partial charge in [0.2, 0.25) is 0 Å². The first-order chi connectivity index (χ1) is 7.74. The van der Waals surface area contributed by atoms with E-state index in [1.807, 2.05) is 0 Å². The average molecular weight is 278 g/mol. The van der Waals surface area contributed by atoms with Crippen LogP contribution in [0.15, 0.2) is 18.2 Å². The lowest BCUT2D eigenvalue weighted by molar-refractivity contribution is -0.112. The molecule has 0 radical (unpaired) electrons. The third-order valence-electron chi connectivity index (χ3n) is 2.19. The van der Waals surface area contributed by atoms with E-state index in [2.05, 4.69) is 33.1 Å². The first-order valence-electron chi connectivity index (χ1n) is 4.77. The van der Waals surface area contributed by atoms with Gasteiger partial charge in [-0.25, -0.2) is 0 Å². The van der Waals surface area contributed by atoms with Crippen LogP contribution in [0.25, 0.3) is 0 Å². The molecule has 1 N–H and O–H groups in total. The molecule has 0 unspecified atom stereocenters. The summed E-state index contributed by atoms with van der Waals surface area (Å²) < 4.78 is 0. The number of fused-ring (bicyclic) bond motifs is 1. The summed E-state index contributed by atoms with van der Waals surface area (Å²) >= 11 is 3.27. The Morgan fingerprint density at radius 2 is 2.12 bits per heavy atom. The summed E-state index contributed by atoms with van der Waals surface area (Å²) in [6.45, 7) is 0. The van der Waals surface area contributed by atoms with Crippen molar-refractivity contribution in [1.82, 2.24) is 0 Å². The molecule has 16 heavy (non-hydrogen) atoms. The van der Waals surface area contributed by atoms with Crippen LogP contribution in [0.5, 0.6) is 0 Å². The molecule has 0 fully saturated rings. The lowest BCUT2D eigenvalue weighted by Crippen LogP contribution is -2.12.